The first-order chi connectivity index (χ1) is 11.4. The number of anilines is 1. The highest BCUT2D eigenvalue weighted by atomic mass is 15.4. The van der Waals surface area contributed by atoms with Crippen molar-refractivity contribution in [1.82, 2.24) is 19.8 Å². The molecule has 1 aromatic carbocycles. The Balaban J connectivity index is 1.71. The molecular weight excluding hydrogens is 286 g/mol. The van der Waals surface area contributed by atoms with Gasteiger partial charge in [0.05, 0.1) is 0 Å². The fourth-order valence-electron chi connectivity index (χ4n) is 3.19. The molecule has 2 aromatic heterocycles. The van der Waals surface area contributed by atoms with E-state index in [1.165, 1.54) is 32.1 Å². The summed E-state index contributed by atoms with van der Waals surface area (Å²) < 4.78 is 1.86. The summed E-state index contributed by atoms with van der Waals surface area (Å²) in [5, 5.41) is 13.4. The van der Waals surface area contributed by atoms with Crippen LogP contribution in [-0.4, -0.2) is 32.9 Å². The molecule has 3 aromatic rings. The van der Waals surface area contributed by atoms with Crippen molar-refractivity contribution in [3.8, 4) is 11.4 Å². The molecule has 1 aliphatic heterocycles. The highest BCUT2D eigenvalue weighted by Crippen LogP contribution is 2.21. The normalized spacial score (nSPS) is 16.3. The lowest BCUT2D eigenvalue weighted by atomic mass is 10.1. The average Bonchev–Trinajstić information content (AvgIpc) is 2.98. The Kier molecular flexibility index (Phi) is 3.92. The van der Waals surface area contributed by atoms with Gasteiger partial charge in [-0.15, -0.1) is 15.3 Å². The zero-order valence-corrected chi connectivity index (χ0v) is 13.2. The maximum atomic E-state index is 4.83. The van der Waals surface area contributed by atoms with Gasteiger partial charge >= 0.3 is 0 Å². The van der Waals surface area contributed by atoms with Crippen molar-refractivity contribution in [3.05, 3.63) is 42.5 Å². The van der Waals surface area contributed by atoms with Crippen LogP contribution in [0, 0.1) is 0 Å². The Morgan fingerprint density at radius 1 is 0.739 bits per heavy atom. The van der Waals surface area contributed by atoms with E-state index in [2.05, 4.69) is 21.2 Å². The van der Waals surface area contributed by atoms with E-state index in [1.54, 1.807) is 0 Å². The first-order valence-corrected chi connectivity index (χ1v) is 8.45. The third-order valence-corrected chi connectivity index (χ3v) is 4.46. The van der Waals surface area contributed by atoms with Crippen molar-refractivity contribution in [3.63, 3.8) is 0 Å². The van der Waals surface area contributed by atoms with E-state index in [4.69, 9.17) is 5.10 Å². The molecule has 3 heterocycles. The minimum Gasteiger partial charge on any atom is -0.355 e. The fraction of sp³-hybridized carbons (Fsp3) is 0.389. The quantitative estimate of drug-likeness (QED) is 0.726. The van der Waals surface area contributed by atoms with E-state index < -0.39 is 0 Å². The first-order valence-electron chi connectivity index (χ1n) is 8.45. The fourth-order valence-corrected chi connectivity index (χ4v) is 3.19. The summed E-state index contributed by atoms with van der Waals surface area (Å²) in [5.41, 5.74) is 1.83. The summed E-state index contributed by atoms with van der Waals surface area (Å²) in [6.07, 6.45) is 6.49. The minimum atomic E-state index is 0.791. The number of benzene rings is 1. The molecule has 0 saturated carbocycles. The summed E-state index contributed by atoms with van der Waals surface area (Å²) in [4.78, 5) is 2.40. The largest absolute Gasteiger partial charge is 0.355 e. The number of hydrogen-bond donors (Lipinski definition) is 0. The Morgan fingerprint density at radius 2 is 1.48 bits per heavy atom. The number of aromatic nitrogens is 4. The number of nitrogens with zero attached hydrogens (tertiary/aromatic N) is 5. The predicted octanol–water partition coefficient (Wildman–Crippen LogP) is 3.56. The van der Waals surface area contributed by atoms with E-state index in [9.17, 15) is 0 Å². The molecule has 0 atom stereocenters. The second-order valence-corrected chi connectivity index (χ2v) is 6.11. The summed E-state index contributed by atoms with van der Waals surface area (Å²) in [5.74, 6) is 1.82. The predicted molar refractivity (Wildman–Crippen MR) is 91.5 cm³/mol. The third-order valence-electron chi connectivity index (χ3n) is 4.46. The summed E-state index contributed by atoms with van der Waals surface area (Å²) >= 11 is 0. The summed E-state index contributed by atoms with van der Waals surface area (Å²) in [6.45, 7) is 2.17. The zero-order valence-electron chi connectivity index (χ0n) is 13.2. The van der Waals surface area contributed by atoms with Crippen LogP contribution in [0.15, 0.2) is 42.5 Å². The van der Waals surface area contributed by atoms with Crippen molar-refractivity contribution < 1.29 is 0 Å². The lowest BCUT2D eigenvalue weighted by Crippen LogP contribution is -2.28. The van der Waals surface area contributed by atoms with Crippen LogP contribution in [0.2, 0.25) is 0 Å². The molecule has 0 radical (unpaired) electrons. The molecule has 0 spiro atoms. The molecule has 23 heavy (non-hydrogen) atoms. The molecule has 0 bridgehead atoms. The summed E-state index contributed by atoms with van der Waals surface area (Å²) in [7, 11) is 0. The molecule has 118 valence electrons. The van der Waals surface area contributed by atoms with E-state index in [-0.39, 0.29) is 0 Å². The Labute approximate surface area is 136 Å². The second kappa shape index (κ2) is 6.36. The molecule has 4 rings (SSSR count). The molecule has 5 heteroatoms. The van der Waals surface area contributed by atoms with Gasteiger partial charge in [-0.05, 0) is 25.0 Å². The number of rotatable bonds is 2. The second-order valence-electron chi connectivity index (χ2n) is 6.11. The van der Waals surface area contributed by atoms with Crippen molar-refractivity contribution in [1.29, 1.82) is 0 Å². The van der Waals surface area contributed by atoms with Gasteiger partial charge in [0.25, 0.3) is 0 Å². The molecule has 0 N–H and O–H groups in total. The summed E-state index contributed by atoms with van der Waals surface area (Å²) in [6, 6.07) is 14.2. The lowest BCUT2D eigenvalue weighted by Gasteiger charge is -2.25. The Bertz CT molecular complexity index is 772. The number of hydrogen-bond acceptors (Lipinski definition) is 4. The van der Waals surface area contributed by atoms with Crippen molar-refractivity contribution in [2.75, 3.05) is 18.0 Å². The van der Waals surface area contributed by atoms with Crippen molar-refractivity contribution in [2.24, 2.45) is 0 Å². The lowest BCUT2D eigenvalue weighted by molar-refractivity contribution is 0.552. The highest BCUT2D eigenvalue weighted by Gasteiger charge is 2.14. The van der Waals surface area contributed by atoms with Crippen LogP contribution in [0.5, 0.6) is 0 Å². The maximum absolute atomic E-state index is 4.83. The topological polar surface area (TPSA) is 46.3 Å². The molecule has 0 amide bonds. The molecular formula is C18H21N5. The van der Waals surface area contributed by atoms with Gasteiger partial charge in [0.15, 0.2) is 11.5 Å². The highest BCUT2D eigenvalue weighted by molar-refractivity contribution is 5.59. The van der Waals surface area contributed by atoms with E-state index in [0.29, 0.717) is 0 Å². The van der Waals surface area contributed by atoms with Gasteiger partial charge < -0.3 is 4.90 Å². The molecule has 1 aliphatic rings. The molecule has 5 nitrogen and oxygen atoms in total. The molecule has 0 unspecified atom stereocenters. The maximum Gasteiger partial charge on any atom is 0.185 e. The Hall–Kier alpha value is -2.43. The molecule has 1 fully saturated rings. The monoisotopic (exact) mass is 307 g/mol. The van der Waals surface area contributed by atoms with Gasteiger partial charge in [-0.3, -0.25) is 0 Å². The first kappa shape index (κ1) is 14.2. The average molecular weight is 307 g/mol. The van der Waals surface area contributed by atoms with Crippen LogP contribution in [0.1, 0.15) is 32.1 Å². The van der Waals surface area contributed by atoms with Crippen molar-refractivity contribution in [2.45, 2.75) is 32.1 Å². The SMILES string of the molecule is c1ccc(-c2nnc3ccc(N4CCCCCCC4)nn23)cc1. The van der Waals surface area contributed by atoms with Gasteiger partial charge in [0, 0.05) is 18.7 Å². The van der Waals surface area contributed by atoms with Gasteiger partial charge in [0.2, 0.25) is 0 Å². The molecule has 0 aliphatic carbocycles. The van der Waals surface area contributed by atoms with Gasteiger partial charge in [0.1, 0.15) is 5.82 Å². The van der Waals surface area contributed by atoms with E-state index in [1.807, 2.05) is 40.9 Å². The van der Waals surface area contributed by atoms with Gasteiger partial charge in [-0.25, -0.2) is 0 Å². The van der Waals surface area contributed by atoms with Crippen LogP contribution >= 0.6 is 0 Å². The zero-order chi connectivity index (χ0) is 15.5. The van der Waals surface area contributed by atoms with Gasteiger partial charge in [-0.2, -0.15) is 4.52 Å². The third kappa shape index (κ3) is 2.91. The van der Waals surface area contributed by atoms with E-state index in [0.717, 1.165) is 35.9 Å². The van der Waals surface area contributed by atoms with Gasteiger partial charge in [-0.1, -0.05) is 49.6 Å². The van der Waals surface area contributed by atoms with Crippen LogP contribution < -0.4 is 4.90 Å². The van der Waals surface area contributed by atoms with Crippen LogP contribution in [0.4, 0.5) is 5.82 Å². The standard InChI is InChI=1S/C18H21N5/c1-2-7-13-22(14-8-3-1)17-12-11-16-19-20-18(23(16)21-17)15-9-5-4-6-10-15/h4-6,9-12H,1-3,7-8,13-14H2. The van der Waals surface area contributed by atoms with Crippen LogP contribution in [-0.2, 0) is 0 Å². The van der Waals surface area contributed by atoms with Crippen LogP contribution in [0.3, 0.4) is 0 Å². The Morgan fingerprint density at radius 3 is 2.26 bits per heavy atom. The van der Waals surface area contributed by atoms with Crippen molar-refractivity contribution >= 4 is 11.5 Å². The minimum absolute atomic E-state index is 0.791. The molecule has 1 saturated heterocycles. The van der Waals surface area contributed by atoms with Crippen LogP contribution in [0.25, 0.3) is 17.0 Å². The smallest absolute Gasteiger partial charge is 0.185 e. The number of fused-ring (bicyclic) bond motifs is 1. The van der Waals surface area contributed by atoms with E-state index >= 15 is 0 Å².